The van der Waals surface area contributed by atoms with Crippen LogP contribution in [0, 0.1) is 12.8 Å². The van der Waals surface area contributed by atoms with Crippen LogP contribution in [-0.2, 0) is 4.79 Å². The molecule has 2 amide bonds. The summed E-state index contributed by atoms with van der Waals surface area (Å²) < 4.78 is 0. The Morgan fingerprint density at radius 2 is 1.92 bits per heavy atom. The van der Waals surface area contributed by atoms with E-state index < -0.39 is 6.04 Å². The molecule has 1 unspecified atom stereocenters. The second-order valence-corrected chi connectivity index (χ2v) is 7.16. The topological polar surface area (TPSA) is 58.2 Å². The van der Waals surface area contributed by atoms with Crippen molar-refractivity contribution in [2.45, 2.75) is 58.9 Å². The van der Waals surface area contributed by atoms with E-state index in [1.165, 1.54) is 18.4 Å². The summed E-state index contributed by atoms with van der Waals surface area (Å²) in [5.41, 5.74) is 2.97. The SMILES string of the molecule is Cc1ccccc1C(=O)NC(C(=O)NCCC1=CCCCC1)C(C)C. The number of nitrogens with one attached hydrogen (secondary N) is 2. The maximum absolute atomic E-state index is 12.5. The summed E-state index contributed by atoms with van der Waals surface area (Å²) in [5, 5.41) is 5.88. The first-order valence-corrected chi connectivity index (χ1v) is 9.31. The lowest BCUT2D eigenvalue weighted by Crippen LogP contribution is -2.50. The summed E-state index contributed by atoms with van der Waals surface area (Å²) >= 11 is 0. The molecule has 0 aromatic heterocycles. The second-order valence-electron chi connectivity index (χ2n) is 7.16. The minimum absolute atomic E-state index is 0.0295. The van der Waals surface area contributed by atoms with Crippen molar-refractivity contribution in [3.05, 3.63) is 47.0 Å². The van der Waals surface area contributed by atoms with E-state index >= 15 is 0 Å². The van der Waals surface area contributed by atoms with Crippen molar-refractivity contribution in [3.8, 4) is 0 Å². The van der Waals surface area contributed by atoms with Gasteiger partial charge >= 0.3 is 0 Å². The highest BCUT2D eigenvalue weighted by atomic mass is 16.2. The second kappa shape index (κ2) is 9.40. The molecule has 0 saturated carbocycles. The van der Waals surface area contributed by atoms with Crippen LogP contribution in [0.1, 0.15) is 61.9 Å². The zero-order chi connectivity index (χ0) is 18.2. The Balaban J connectivity index is 1.90. The van der Waals surface area contributed by atoms with Gasteiger partial charge in [0.15, 0.2) is 0 Å². The number of carbonyl (C=O) groups excluding carboxylic acids is 2. The molecule has 1 aromatic carbocycles. The van der Waals surface area contributed by atoms with E-state index in [0.717, 1.165) is 24.8 Å². The minimum Gasteiger partial charge on any atom is -0.354 e. The third-order valence-corrected chi connectivity index (χ3v) is 4.76. The van der Waals surface area contributed by atoms with Crippen LogP contribution in [0.4, 0.5) is 0 Å². The Morgan fingerprint density at radius 3 is 2.56 bits per heavy atom. The number of allylic oxidation sites excluding steroid dienone is 1. The van der Waals surface area contributed by atoms with E-state index in [1.807, 2.05) is 39.0 Å². The van der Waals surface area contributed by atoms with Crippen molar-refractivity contribution in [1.29, 1.82) is 0 Å². The van der Waals surface area contributed by atoms with E-state index in [2.05, 4.69) is 16.7 Å². The number of aryl methyl sites for hydroxylation is 1. The standard InChI is InChI=1S/C21H30N2O2/c1-15(2)19(23-20(24)18-12-8-7-9-16(18)3)21(25)22-14-13-17-10-5-4-6-11-17/h7-10,12,15,19H,4-6,11,13-14H2,1-3H3,(H,22,25)(H,23,24). The van der Waals surface area contributed by atoms with Crippen molar-refractivity contribution in [2.24, 2.45) is 5.92 Å². The van der Waals surface area contributed by atoms with Gasteiger partial charge in [0.25, 0.3) is 5.91 Å². The fourth-order valence-electron chi connectivity index (χ4n) is 3.17. The maximum Gasteiger partial charge on any atom is 0.252 e. The fraction of sp³-hybridized carbons (Fsp3) is 0.524. The van der Waals surface area contributed by atoms with E-state index in [9.17, 15) is 9.59 Å². The molecular weight excluding hydrogens is 312 g/mol. The Hall–Kier alpha value is -2.10. The predicted octanol–water partition coefficient (Wildman–Crippen LogP) is 3.76. The molecule has 4 heteroatoms. The van der Waals surface area contributed by atoms with E-state index in [0.29, 0.717) is 12.1 Å². The lowest BCUT2D eigenvalue weighted by molar-refractivity contribution is -0.123. The fourth-order valence-corrected chi connectivity index (χ4v) is 3.17. The van der Waals surface area contributed by atoms with Crippen LogP contribution in [0.5, 0.6) is 0 Å². The zero-order valence-corrected chi connectivity index (χ0v) is 15.6. The third-order valence-electron chi connectivity index (χ3n) is 4.76. The Labute approximate surface area is 151 Å². The summed E-state index contributed by atoms with van der Waals surface area (Å²) in [4.78, 5) is 25.0. The summed E-state index contributed by atoms with van der Waals surface area (Å²) in [6.45, 7) is 6.43. The number of rotatable bonds is 7. The summed E-state index contributed by atoms with van der Waals surface area (Å²) in [5.74, 6) is -0.267. The van der Waals surface area contributed by atoms with Gasteiger partial charge in [-0.2, -0.15) is 0 Å². The molecule has 1 aliphatic carbocycles. The van der Waals surface area contributed by atoms with Crippen LogP contribution in [0.2, 0.25) is 0 Å². The van der Waals surface area contributed by atoms with Crippen LogP contribution in [0.15, 0.2) is 35.9 Å². The van der Waals surface area contributed by atoms with Crippen LogP contribution in [-0.4, -0.2) is 24.4 Å². The molecule has 2 N–H and O–H groups in total. The monoisotopic (exact) mass is 342 g/mol. The number of hydrogen-bond donors (Lipinski definition) is 2. The summed E-state index contributed by atoms with van der Waals surface area (Å²) in [7, 11) is 0. The van der Waals surface area contributed by atoms with Crippen molar-refractivity contribution >= 4 is 11.8 Å². The quantitative estimate of drug-likeness (QED) is 0.741. The molecule has 0 spiro atoms. The lowest BCUT2D eigenvalue weighted by Gasteiger charge is -2.22. The van der Waals surface area contributed by atoms with Gasteiger partial charge in [-0.05, 0) is 56.6 Å². The molecule has 1 aliphatic rings. The molecule has 4 nitrogen and oxygen atoms in total. The molecule has 1 atom stereocenters. The van der Waals surface area contributed by atoms with E-state index in [4.69, 9.17) is 0 Å². The predicted molar refractivity (Wildman–Crippen MR) is 101 cm³/mol. The highest BCUT2D eigenvalue weighted by Crippen LogP contribution is 2.19. The number of carbonyl (C=O) groups is 2. The first-order chi connectivity index (χ1) is 12.0. The molecule has 0 fully saturated rings. The van der Waals surface area contributed by atoms with Gasteiger partial charge in [-0.1, -0.05) is 43.7 Å². The highest BCUT2D eigenvalue weighted by Gasteiger charge is 2.24. The van der Waals surface area contributed by atoms with Gasteiger partial charge in [-0.25, -0.2) is 0 Å². The molecule has 0 saturated heterocycles. The summed E-state index contributed by atoms with van der Waals surface area (Å²) in [6, 6.07) is 6.91. The smallest absolute Gasteiger partial charge is 0.252 e. The van der Waals surface area contributed by atoms with Crippen LogP contribution in [0.25, 0.3) is 0 Å². The molecule has 0 radical (unpaired) electrons. The van der Waals surface area contributed by atoms with Crippen molar-refractivity contribution in [2.75, 3.05) is 6.54 Å². The lowest BCUT2D eigenvalue weighted by atomic mass is 9.97. The first-order valence-electron chi connectivity index (χ1n) is 9.31. The van der Waals surface area contributed by atoms with Gasteiger partial charge < -0.3 is 10.6 Å². The van der Waals surface area contributed by atoms with Crippen molar-refractivity contribution in [1.82, 2.24) is 10.6 Å². The van der Waals surface area contributed by atoms with Crippen LogP contribution in [0.3, 0.4) is 0 Å². The average molecular weight is 342 g/mol. The Morgan fingerprint density at radius 1 is 1.16 bits per heavy atom. The highest BCUT2D eigenvalue weighted by molar-refractivity contribution is 5.98. The molecule has 1 aromatic rings. The van der Waals surface area contributed by atoms with Gasteiger partial charge in [0.05, 0.1) is 0 Å². The van der Waals surface area contributed by atoms with Gasteiger partial charge in [-0.3, -0.25) is 9.59 Å². The summed E-state index contributed by atoms with van der Waals surface area (Å²) in [6.07, 6.45) is 8.03. The van der Waals surface area contributed by atoms with Gasteiger partial charge in [-0.15, -0.1) is 0 Å². The molecule has 0 aliphatic heterocycles. The molecule has 2 rings (SSSR count). The number of amides is 2. The molecule has 136 valence electrons. The molecule has 0 heterocycles. The van der Waals surface area contributed by atoms with Gasteiger partial charge in [0.1, 0.15) is 6.04 Å². The van der Waals surface area contributed by atoms with Gasteiger partial charge in [0, 0.05) is 12.1 Å². The zero-order valence-electron chi connectivity index (χ0n) is 15.6. The van der Waals surface area contributed by atoms with Crippen LogP contribution < -0.4 is 10.6 Å². The average Bonchev–Trinajstić information content (AvgIpc) is 2.60. The number of benzene rings is 1. The Bertz CT molecular complexity index is 635. The molecule has 0 bridgehead atoms. The first kappa shape index (κ1) is 19.2. The Kier molecular flexibility index (Phi) is 7.23. The van der Waals surface area contributed by atoms with E-state index in [1.54, 1.807) is 6.07 Å². The maximum atomic E-state index is 12.5. The third kappa shape index (κ3) is 5.73. The van der Waals surface area contributed by atoms with Crippen molar-refractivity contribution < 1.29 is 9.59 Å². The van der Waals surface area contributed by atoms with Crippen LogP contribution >= 0.6 is 0 Å². The normalized spacial score (nSPS) is 15.4. The van der Waals surface area contributed by atoms with E-state index in [-0.39, 0.29) is 17.7 Å². The molecular formula is C21H30N2O2. The molecule has 25 heavy (non-hydrogen) atoms. The number of hydrogen-bond acceptors (Lipinski definition) is 2. The van der Waals surface area contributed by atoms with Crippen molar-refractivity contribution in [3.63, 3.8) is 0 Å². The van der Waals surface area contributed by atoms with Gasteiger partial charge in [0.2, 0.25) is 5.91 Å². The minimum atomic E-state index is -0.521. The largest absolute Gasteiger partial charge is 0.354 e.